The van der Waals surface area contributed by atoms with E-state index in [2.05, 4.69) is 77.9 Å². The van der Waals surface area contributed by atoms with Gasteiger partial charge in [0.25, 0.3) is 5.56 Å². The van der Waals surface area contributed by atoms with Crippen LogP contribution in [0.15, 0.2) is 77.6 Å². The Kier molecular flexibility index (Phi) is 5.59. The van der Waals surface area contributed by atoms with Gasteiger partial charge < -0.3 is 10.3 Å². The van der Waals surface area contributed by atoms with E-state index in [1.807, 2.05) is 19.1 Å². The predicted octanol–water partition coefficient (Wildman–Crippen LogP) is 5.14. The van der Waals surface area contributed by atoms with Gasteiger partial charge in [-0.05, 0) is 60.7 Å². The second-order valence-electron chi connectivity index (χ2n) is 7.60. The van der Waals surface area contributed by atoms with Gasteiger partial charge in [0.15, 0.2) is 0 Å². The molecule has 3 nitrogen and oxygen atoms in total. The number of aromatic amines is 1. The molecule has 3 aromatic carbocycles. The number of hydrogen-bond donors (Lipinski definition) is 2. The van der Waals surface area contributed by atoms with Gasteiger partial charge in [0.2, 0.25) is 0 Å². The molecule has 0 aliphatic heterocycles. The van der Waals surface area contributed by atoms with E-state index in [0.29, 0.717) is 6.54 Å². The maximum Gasteiger partial charge on any atom is 0.252 e. The summed E-state index contributed by atoms with van der Waals surface area (Å²) in [5, 5.41) is 4.54. The molecule has 0 bridgehead atoms. The minimum absolute atomic E-state index is 0.00841. The molecule has 29 heavy (non-hydrogen) atoms. The van der Waals surface area contributed by atoms with Crippen molar-refractivity contribution in [3.8, 4) is 11.1 Å². The zero-order valence-corrected chi connectivity index (χ0v) is 17.0. The quantitative estimate of drug-likeness (QED) is 0.453. The van der Waals surface area contributed by atoms with Crippen molar-refractivity contribution in [2.45, 2.75) is 26.8 Å². The monoisotopic (exact) mass is 382 g/mol. The Labute approximate surface area is 171 Å². The molecule has 0 unspecified atom stereocenters. The van der Waals surface area contributed by atoms with Crippen molar-refractivity contribution in [1.29, 1.82) is 0 Å². The molecular weight excluding hydrogens is 356 g/mol. The van der Waals surface area contributed by atoms with E-state index in [1.54, 1.807) is 0 Å². The number of H-pyrrole nitrogens is 1. The summed E-state index contributed by atoms with van der Waals surface area (Å²) in [6, 6.07) is 25.3. The lowest BCUT2D eigenvalue weighted by Crippen LogP contribution is -2.23. The molecule has 0 aliphatic carbocycles. The molecule has 4 aromatic rings. The zero-order valence-electron chi connectivity index (χ0n) is 17.0. The third-order valence-corrected chi connectivity index (χ3v) is 5.49. The molecule has 0 amide bonds. The highest BCUT2D eigenvalue weighted by molar-refractivity contribution is 5.85. The summed E-state index contributed by atoms with van der Waals surface area (Å²) in [5.41, 5.74) is 7.75. The standard InChI is InChI=1S/C26H26N2O/c1-18-8-9-19(2)25-24(18)16-23(26(29)28-25)17-27-15-14-20-10-12-22(13-11-20)21-6-4-3-5-7-21/h3-13,16,27H,14-15,17H2,1-2H3,(H,28,29). The number of pyridine rings is 1. The first-order valence-corrected chi connectivity index (χ1v) is 10.1. The first kappa shape index (κ1) is 19.2. The van der Waals surface area contributed by atoms with Crippen LogP contribution >= 0.6 is 0 Å². The fourth-order valence-corrected chi connectivity index (χ4v) is 3.70. The molecule has 0 fully saturated rings. The Hall–Kier alpha value is -3.17. The summed E-state index contributed by atoms with van der Waals surface area (Å²) in [5.74, 6) is 0. The van der Waals surface area contributed by atoms with E-state index in [4.69, 9.17) is 0 Å². The van der Waals surface area contributed by atoms with Crippen molar-refractivity contribution >= 4 is 10.9 Å². The molecule has 1 heterocycles. The van der Waals surface area contributed by atoms with Gasteiger partial charge in [0, 0.05) is 17.5 Å². The SMILES string of the molecule is Cc1ccc(C)c2[nH]c(=O)c(CNCCc3ccc(-c4ccccc4)cc3)cc12. The number of aryl methyl sites for hydroxylation is 2. The maximum atomic E-state index is 12.4. The first-order chi connectivity index (χ1) is 14.1. The second kappa shape index (κ2) is 8.46. The third-order valence-electron chi connectivity index (χ3n) is 5.49. The Bertz CT molecular complexity index is 1180. The molecule has 0 aliphatic rings. The molecule has 0 radical (unpaired) electrons. The molecular formula is C26H26N2O. The van der Waals surface area contributed by atoms with Crippen LogP contribution in [-0.2, 0) is 13.0 Å². The highest BCUT2D eigenvalue weighted by Crippen LogP contribution is 2.20. The van der Waals surface area contributed by atoms with E-state index in [0.717, 1.165) is 35.0 Å². The molecule has 0 saturated carbocycles. The van der Waals surface area contributed by atoms with Crippen molar-refractivity contribution in [3.05, 3.63) is 105 Å². The normalized spacial score (nSPS) is 11.1. The van der Waals surface area contributed by atoms with Crippen molar-refractivity contribution < 1.29 is 0 Å². The van der Waals surface area contributed by atoms with Gasteiger partial charge in [-0.15, -0.1) is 0 Å². The van der Waals surface area contributed by atoms with Crippen LogP contribution in [0.3, 0.4) is 0 Å². The minimum atomic E-state index is -0.00841. The van der Waals surface area contributed by atoms with Crippen LogP contribution in [0.5, 0.6) is 0 Å². The molecule has 2 N–H and O–H groups in total. The first-order valence-electron chi connectivity index (χ1n) is 10.1. The molecule has 4 rings (SSSR count). The van der Waals surface area contributed by atoms with Crippen LogP contribution in [0.4, 0.5) is 0 Å². The van der Waals surface area contributed by atoms with Crippen LogP contribution in [0.2, 0.25) is 0 Å². The van der Waals surface area contributed by atoms with Crippen molar-refractivity contribution in [3.63, 3.8) is 0 Å². The van der Waals surface area contributed by atoms with E-state index >= 15 is 0 Å². The lowest BCUT2D eigenvalue weighted by Gasteiger charge is -2.09. The number of aromatic nitrogens is 1. The summed E-state index contributed by atoms with van der Waals surface area (Å²) < 4.78 is 0. The third kappa shape index (κ3) is 4.30. The molecule has 0 atom stereocenters. The molecule has 0 saturated heterocycles. The fourth-order valence-electron chi connectivity index (χ4n) is 3.70. The molecule has 146 valence electrons. The fraction of sp³-hybridized carbons (Fsp3) is 0.192. The minimum Gasteiger partial charge on any atom is -0.321 e. The molecule has 3 heteroatoms. The van der Waals surface area contributed by atoms with Gasteiger partial charge in [0.05, 0.1) is 5.52 Å². The van der Waals surface area contributed by atoms with Crippen molar-refractivity contribution in [2.24, 2.45) is 0 Å². The number of fused-ring (bicyclic) bond motifs is 1. The lowest BCUT2D eigenvalue weighted by atomic mass is 10.0. The Balaban J connectivity index is 1.38. The highest BCUT2D eigenvalue weighted by Gasteiger charge is 2.07. The summed E-state index contributed by atoms with van der Waals surface area (Å²) in [7, 11) is 0. The van der Waals surface area contributed by atoms with E-state index < -0.39 is 0 Å². The maximum absolute atomic E-state index is 12.4. The van der Waals surface area contributed by atoms with E-state index in [-0.39, 0.29) is 5.56 Å². The Morgan fingerprint density at radius 2 is 1.52 bits per heavy atom. The van der Waals surface area contributed by atoms with Crippen LogP contribution < -0.4 is 10.9 Å². The van der Waals surface area contributed by atoms with Crippen LogP contribution in [0.25, 0.3) is 22.0 Å². The van der Waals surface area contributed by atoms with Gasteiger partial charge in [0.1, 0.15) is 0 Å². The topological polar surface area (TPSA) is 44.9 Å². The number of benzene rings is 3. The summed E-state index contributed by atoms with van der Waals surface area (Å²) >= 11 is 0. The van der Waals surface area contributed by atoms with Gasteiger partial charge in [-0.1, -0.05) is 66.7 Å². The second-order valence-corrected chi connectivity index (χ2v) is 7.60. The summed E-state index contributed by atoms with van der Waals surface area (Å²) in [6.45, 7) is 5.50. The Morgan fingerprint density at radius 3 is 2.28 bits per heavy atom. The largest absolute Gasteiger partial charge is 0.321 e. The van der Waals surface area contributed by atoms with Gasteiger partial charge >= 0.3 is 0 Å². The lowest BCUT2D eigenvalue weighted by molar-refractivity contribution is 0.683. The highest BCUT2D eigenvalue weighted by atomic mass is 16.1. The average Bonchev–Trinajstić information content (AvgIpc) is 2.75. The number of nitrogens with one attached hydrogen (secondary N) is 2. The Morgan fingerprint density at radius 1 is 0.828 bits per heavy atom. The van der Waals surface area contributed by atoms with Gasteiger partial charge in [-0.25, -0.2) is 0 Å². The van der Waals surface area contributed by atoms with Gasteiger partial charge in [-0.2, -0.15) is 0 Å². The average molecular weight is 383 g/mol. The van der Waals surface area contributed by atoms with Crippen LogP contribution in [-0.4, -0.2) is 11.5 Å². The molecule has 1 aromatic heterocycles. The molecule has 0 spiro atoms. The van der Waals surface area contributed by atoms with Gasteiger partial charge in [-0.3, -0.25) is 4.79 Å². The van der Waals surface area contributed by atoms with Crippen LogP contribution in [0.1, 0.15) is 22.3 Å². The number of rotatable bonds is 6. The van der Waals surface area contributed by atoms with E-state index in [9.17, 15) is 4.79 Å². The predicted molar refractivity (Wildman–Crippen MR) is 121 cm³/mol. The van der Waals surface area contributed by atoms with Crippen LogP contribution in [0, 0.1) is 13.8 Å². The summed E-state index contributed by atoms with van der Waals surface area (Å²) in [4.78, 5) is 15.5. The summed E-state index contributed by atoms with van der Waals surface area (Å²) in [6.07, 6.45) is 0.929. The van der Waals surface area contributed by atoms with Crippen molar-refractivity contribution in [2.75, 3.05) is 6.54 Å². The smallest absolute Gasteiger partial charge is 0.252 e. The number of hydrogen-bond acceptors (Lipinski definition) is 2. The van der Waals surface area contributed by atoms with E-state index in [1.165, 1.54) is 22.3 Å². The zero-order chi connectivity index (χ0) is 20.2. The van der Waals surface area contributed by atoms with Crippen molar-refractivity contribution in [1.82, 2.24) is 10.3 Å².